The molecule has 0 aliphatic carbocycles. The number of amides is 2. The van der Waals surface area contributed by atoms with Crippen molar-refractivity contribution in [1.82, 2.24) is 14.8 Å². The number of hydrogen-bond donors (Lipinski definition) is 0. The summed E-state index contributed by atoms with van der Waals surface area (Å²) < 4.78 is 15.2. The Balaban J connectivity index is 1.57. The highest BCUT2D eigenvalue weighted by atomic mass is 16.6. The number of methoxy groups -OCH3 is 2. The van der Waals surface area contributed by atoms with Crippen molar-refractivity contribution in [2.45, 2.75) is 6.42 Å². The molecular formula is C22H25N3O6. The number of carbonyl (C=O) groups is 3. The van der Waals surface area contributed by atoms with Gasteiger partial charge in [-0.05, 0) is 30.3 Å². The predicted molar refractivity (Wildman–Crippen MR) is 111 cm³/mol. The van der Waals surface area contributed by atoms with Crippen LogP contribution in [0.5, 0.6) is 11.5 Å². The van der Waals surface area contributed by atoms with Crippen molar-refractivity contribution in [3.63, 3.8) is 0 Å². The molecule has 3 rings (SSSR count). The molecule has 1 aliphatic heterocycles. The minimum Gasteiger partial charge on any atom is -0.493 e. The van der Waals surface area contributed by atoms with E-state index in [2.05, 4.69) is 9.72 Å². The van der Waals surface area contributed by atoms with Crippen LogP contribution in [0.2, 0.25) is 0 Å². The molecule has 1 aliphatic rings. The van der Waals surface area contributed by atoms with Crippen LogP contribution in [0.25, 0.3) is 0 Å². The van der Waals surface area contributed by atoms with Crippen LogP contribution in [0.4, 0.5) is 0 Å². The minimum atomic E-state index is -0.516. The molecule has 0 atom stereocenters. The lowest BCUT2D eigenvalue weighted by Crippen LogP contribution is -2.51. The number of nitrogens with zero attached hydrogens (tertiary/aromatic N) is 3. The number of ether oxygens (including phenoxy) is 3. The van der Waals surface area contributed by atoms with E-state index in [0.29, 0.717) is 43.2 Å². The van der Waals surface area contributed by atoms with Crippen molar-refractivity contribution in [1.29, 1.82) is 0 Å². The van der Waals surface area contributed by atoms with Gasteiger partial charge in [0.1, 0.15) is 0 Å². The van der Waals surface area contributed by atoms with Crippen LogP contribution in [0.3, 0.4) is 0 Å². The predicted octanol–water partition coefficient (Wildman–Crippen LogP) is 1.17. The first-order valence-electron chi connectivity index (χ1n) is 9.86. The van der Waals surface area contributed by atoms with Gasteiger partial charge in [-0.3, -0.25) is 14.6 Å². The largest absolute Gasteiger partial charge is 0.493 e. The first-order chi connectivity index (χ1) is 15.0. The Kier molecular flexibility index (Phi) is 7.42. The Hall–Kier alpha value is -3.62. The summed E-state index contributed by atoms with van der Waals surface area (Å²) in [5.41, 5.74) is 1.17. The quantitative estimate of drug-likeness (QED) is 0.612. The molecule has 0 radical (unpaired) electrons. The van der Waals surface area contributed by atoms with Crippen LogP contribution in [0.1, 0.15) is 16.1 Å². The molecule has 0 saturated carbocycles. The summed E-state index contributed by atoms with van der Waals surface area (Å²) in [6.07, 6.45) is 1.91. The van der Waals surface area contributed by atoms with E-state index in [1.165, 1.54) is 14.2 Å². The Morgan fingerprint density at radius 1 is 0.968 bits per heavy atom. The van der Waals surface area contributed by atoms with Crippen LogP contribution in [-0.4, -0.2) is 79.6 Å². The number of hydrogen-bond acceptors (Lipinski definition) is 7. The van der Waals surface area contributed by atoms with Gasteiger partial charge in [-0.25, -0.2) is 4.79 Å². The van der Waals surface area contributed by atoms with Crippen LogP contribution in [0.15, 0.2) is 42.6 Å². The van der Waals surface area contributed by atoms with Crippen molar-refractivity contribution in [3.8, 4) is 11.5 Å². The number of rotatable bonds is 7. The highest BCUT2D eigenvalue weighted by molar-refractivity contribution is 5.95. The fourth-order valence-electron chi connectivity index (χ4n) is 3.23. The number of pyridine rings is 1. The van der Waals surface area contributed by atoms with E-state index >= 15 is 0 Å². The summed E-state index contributed by atoms with van der Waals surface area (Å²) in [5, 5.41) is 0. The molecule has 1 aromatic carbocycles. The second-order valence-electron chi connectivity index (χ2n) is 6.90. The lowest BCUT2D eigenvalue weighted by atomic mass is 10.1. The van der Waals surface area contributed by atoms with Gasteiger partial charge in [0.25, 0.3) is 5.91 Å². The number of esters is 1. The van der Waals surface area contributed by atoms with Gasteiger partial charge in [-0.2, -0.15) is 0 Å². The van der Waals surface area contributed by atoms with Gasteiger partial charge in [-0.1, -0.05) is 6.07 Å². The smallest absolute Gasteiger partial charge is 0.343 e. The summed E-state index contributed by atoms with van der Waals surface area (Å²) in [5.74, 6) is 0.0141. The van der Waals surface area contributed by atoms with E-state index in [4.69, 9.17) is 9.47 Å². The molecule has 1 fully saturated rings. The highest BCUT2D eigenvalue weighted by Gasteiger charge is 2.25. The van der Waals surface area contributed by atoms with Gasteiger partial charge >= 0.3 is 5.97 Å². The molecule has 2 heterocycles. The summed E-state index contributed by atoms with van der Waals surface area (Å²) in [6.45, 7) is 1.56. The van der Waals surface area contributed by atoms with E-state index in [1.807, 2.05) is 18.2 Å². The Labute approximate surface area is 180 Å². The zero-order valence-electron chi connectivity index (χ0n) is 17.6. The highest BCUT2D eigenvalue weighted by Crippen LogP contribution is 2.28. The van der Waals surface area contributed by atoms with Crippen LogP contribution in [-0.2, 0) is 20.7 Å². The summed E-state index contributed by atoms with van der Waals surface area (Å²) in [7, 11) is 2.73. The summed E-state index contributed by atoms with van der Waals surface area (Å²) in [4.78, 5) is 44.3. The average molecular weight is 427 g/mol. The van der Waals surface area contributed by atoms with E-state index in [9.17, 15) is 14.4 Å². The molecule has 31 heavy (non-hydrogen) atoms. The summed E-state index contributed by atoms with van der Waals surface area (Å²) >= 11 is 0. The normalized spacial score (nSPS) is 13.5. The van der Waals surface area contributed by atoms with Gasteiger partial charge < -0.3 is 24.0 Å². The number of carbonyl (C=O) groups excluding carboxylic acids is 3. The van der Waals surface area contributed by atoms with Gasteiger partial charge in [0.15, 0.2) is 18.1 Å². The fraction of sp³-hybridized carbons (Fsp3) is 0.364. The Bertz CT molecular complexity index is 926. The molecule has 2 aromatic rings. The monoisotopic (exact) mass is 427 g/mol. The maximum absolute atomic E-state index is 12.9. The molecule has 2 amide bonds. The van der Waals surface area contributed by atoms with Gasteiger partial charge in [0.05, 0.1) is 20.6 Å². The Morgan fingerprint density at radius 3 is 2.35 bits per heavy atom. The van der Waals surface area contributed by atoms with Crippen molar-refractivity contribution in [2.75, 3.05) is 47.0 Å². The van der Waals surface area contributed by atoms with Crippen molar-refractivity contribution >= 4 is 17.8 Å². The third-order valence-electron chi connectivity index (χ3n) is 4.96. The minimum absolute atomic E-state index is 0.000393. The first-order valence-corrected chi connectivity index (χ1v) is 9.86. The number of benzene rings is 1. The first kappa shape index (κ1) is 22.1. The fourth-order valence-corrected chi connectivity index (χ4v) is 3.23. The molecule has 1 saturated heterocycles. The second kappa shape index (κ2) is 10.4. The third kappa shape index (κ3) is 5.71. The van der Waals surface area contributed by atoms with Gasteiger partial charge in [0, 0.05) is 43.6 Å². The van der Waals surface area contributed by atoms with Crippen molar-refractivity contribution in [2.24, 2.45) is 0 Å². The molecular weight excluding hydrogens is 402 g/mol. The third-order valence-corrected chi connectivity index (χ3v) is 4.96. The van der Waals surface area contributed by atoms with Crippen molar-refractivity contribution in [3.05, 3.63) is 53.9 Å². The SMILES string of the molecule is COC(=O)COc1ccc(C(=O)N2CCN(C(=O)Cc3ccccn3)CC2)cc1OC. The van der Waals surface area contributed by atoms with Gasteiger partial charge in [-0.15, -0.1) is 0 Å². The van der Waals surface area contributed by atoms with Crippen molar-refractivity contribution < 1.29 is 28.6 Å². The van der Waals surface area contributed by atoms with Crippen LogP contribution in [0, 0.1) is 0 Å². The molecule has 9 heteroatoms. The van der Waals surface area contributed by atoms with E-state index in [0.717, 1.165) is 5.69 Å². The average Bonchev–Trinajstić information content (AvgIpc) is 2.82. The Morgan fingerprint density at radius 2 is 1.71 bits per heavy atom. The maximum atomic E-state index is 12.9. The topological polar surface area (TPSA) is 98.3 Å². The van der Waals surface area contributed by atoms with E-state index in [1.54, 1.807) is 34.2 Å². The van der Waals surface area contributed by atoms with E-state index < -0.39 is 5.97 Å². The second-order valence-corrected chi connectivity index (χ2v) is 6.90. The zero-order chi connectivity index (χ0) is 22.2. The standard InChI is InChI=1S/C22H25N3O6/c1-29-19-13-16(6-7-18(19)31-15-21(27)30-2)22(28)25-11-9-24(10-12-25)20(26)14-17-5-3-4-8-23-17/h3-8,13H,9-12,14-15H2,1-2H3. The van der Waals surface area contributed by atoms with Crippen LogP contribution >= 0.6 is 0 Å². The zero-order valence-corrected chi connectivity index (χ0v) is 17.6. The molecule has 0 unspecified atom stereocenters. The molecule has 1 aromatic heterocycles. The molecule has 0 N–H and O–H groups in total. The summed E-state index contributed by atoms with van der Waals surface area (Å²) in [6, 6.07) is 10.3. The molecule has 164 valence electrons. The van der Waals surface area contributed by atoms with E-state index in [-0.39, 0.29) is 24.8 Å². The maximum Gasteiger partial charge on any atom is 0.343 e. The molecule has 0 spiro atoms. The molecule has 9 nitrogen and oxygen atoms in total. The number of piperazine rings is 1. The molecule has 0 bridgehead atoms. The number of aromatic nitrogens is 1. The van der Waals surface area contributed by atoms with Crippen LogP contribution < -0.4 is 9.47 Å². The van der Waals surface area contributed by atoms with Gasteiger partial charge in [0.2, 0.25) is 5.91 Å². The lowest BCUT2D eigenvalue weighted by molar-refractivity contribution is -0.143. The lowest BCUT2D eigenvalue weighted by Gasteiger charge is -2.35.